The number of thioether (sulfide) groups is 1. The lowest BCUT2D eigenvalue weighted by atomic mass is 10.1. The molecule has 0 N–H and O–H groups in total. The molecule has 1 amide bonds. The van der Waals surface area contributed by atoms with Crippen molar-refractivity contribution in [2.75, 3.05) is 18.2 Å². The average Bonchev–Trinajstić information content (AvgIpc) is 2.82. The highest BCUT2D eigenvalue weighted by atomic mass is 32.2. The summed E-state index contributed by atoms with van der Waals surface area (Å²) in [5.74, 6) is -0.0929. The lowest BCUT2D eigenvalue weighted by molar-refractivity contribution is -0.114. The second-order valence-corrected chi connectivity index (χ2v) is 7.30. The fraction of sp³-hybridized carbons (Fsp3) is 0.200. The van der Waals surface area contributed by atoms with Crippen molar-refractivity contribution < 1.29 is 4.79 Å². The monoisotopic (exact) mass is 368 g/mol. The first-order valence-electron chi connectivity index (χ1n) is 7.97. The van der Waals surface area contributed by atoms with Crippen LogP contribution in [0.1, 0.15) is 16.7 Å². The number of hydrogen-bond acceptors (Lipinski definition) is 3. The average molecular weight is 369 g/mol. The van der Waals surface area contributed by atoms with E-state index in [1.807, 2.05) is 56.6 Å². The molecule has 2 aromatic carbocycles. The zero-order chi connectivity index (χ0) is 18.1. The minimum Gasteiger partial charge on any atom is -0.317 e. The van der Waals surface area contributed by atoms with Crippen molar-refractivity contribution in [2.24, 2.45) is 0 Å². The van der Waals surface area contributed by atoms with Gasteiger partial charge in [-0.3, -0.25) is 9.69 Å². The maximum absolute atomic E-state index is 13.0. The van der Waals surface area contributed by atoms with E-state index in [1.54, 1.807) is 21.6 Å². The van der Waals surface area contributed by atoms with Crippen molar-refractivity contribution in [3.05, 3.63) is 64.9 Å². The Balaban J connectivity index is 1.96. The van der Waals surface area contributed by atoms with Gasteiger partial charge < -0.3 is 4.90 Å². The topological polar surface area (TPSA) is 23.6 Å². The summed E-state index contributed by atoms with van der Waals surface area (Å²) in [6.45, 7) is 4.09. The van der Waals surface area contributed by atoms with Crippen LogP contribution in [0.4, 0.5) is 5.69 Å². The molecule has 2 aromatic rings. The standard InChI is InChI=1S/C20H20N2OS2/c1-13-5-8-16(11-14(13)2)22-19(23)18(21(3)20(22)24)12-15-6-9-17(25-4)10-7-15/h5-12H,1-4H3. The molecule has 1 heterocycles. The van der Waals surface area contributed by atoms with Gasteiger partial charge in [-0.2, -0.15) is 0 Å². The van der Waals surface area contributed by atoms with Crippen molar-refractivity contribution >= 4 is 46.8 Å². The van der Waals surface area contributed by atoms with Crippen molar-refractivity contribution in [3.8, 4) is 0 Å². The maximum atomic E-state index is 13.0. The van der Waals surface area contributed by atoms with Gasteiger partial charge >= 0.3 is 0 Å². The van der Waals surface area contributed by atoms with Crippen LogP contribution in [0.15, 0.2) is 53.1 Å². The number of carbonyl (C=O) groups excluding carboxylic acids is 1. The highest BCUT2D eigenvalue weighted by Gasteiger charge is 2.36. The molecule has 128 valence electrons. The molecule has 1 fully saturated rings. The highest BCUT2D eigenvalue weighted by Crippen LogP contribution is 2.29. The van der Waals surface area contributed by atoms with Crippen molar-refractivity contribution in [3.63, 3.8) is 0 Å². The Kier molecular flexibility index (Phi) is 4.97. The van der Waals surface area contributed by atoms with Crippen LogP contribution in [-0.2, 0) is 4.79 Å². The van der Waals surface area contributed by atoms with E-state index >= 15 is 0 Å². The summed E-state index contributed by atoms with van der Waals surface area (Å²) in [5, 5.41) is 0.500. The van der Waals surface area contributed by atoms with E-state index in [9.17, 15) is 4.79 Å². The third-order valence-corrected chi connectivity index (χ3v) is 5.63. The van der Waals surface area contributed by atoms with Crippen LogP contribution in [-0.4, -0.2) is 29.2 Å². The Hall–Kier alpha value is -2.11. The van der Waals surface area contributed by atoms with Gasteiger partial charge in [0.1, 0.15) is 5.70 Å². The van der Waals surface area contributed by atoms with Crippen LogP contribution in [0, 0.1) is 13.8 Å². The van der Waals surface area contributed by atoms with Crippen LogP contribution < -0.4 is 4.90 Å². The number of carbonyl (C=O) groups is 1. The minimum absolute atomic E-state index is 0.0929. The Morgan fingerprint density at radius 1 is 1.04 bits per heavy atom. The van der Waals surface area contributed by atoms with Crippen molar-refractivity contribution in [1.82, 2.24) is 4.90 Å². The molecule has 1 saturated heterocycles. The SMILES string of the molecule is CSc1ccc(C=C2C(=O)N(c3ccc(C)c(C)c3)C(=S)N2C)cc1. The number of aryl methyl sites for hydroxylation is 2. The number of nitrogens with zero attached hydrogens (tertiary/aromatic N) is 2. The molecule has 0 aromatic heterocycles. The summed E-state index contributed by atoms with van der Waals surface area (Å²) in [6.07, 6.45) is 3.93. The number of benzene rings is 2. The van der Waals surface area contributed by atoms with E-state index in [0.717, 1.165) is 16.8 Å². The minimum atomic E-state index is -0.0929. The normalized spacial score (nSPS) is 16.2. The third-order valence-electron chi connectivity index (χ3n) is 4.43. The predicted octanol–water partition coefficient (Wildman–Crippen LogP) is 4.63. The van der Waals surface area contributed by atoms with Gasteiger partial charge in [0.15, 0.2) is 5.11 Å². The first-order chi connectivity index (χ1) is 11.9. The quantitative estimate of drug-likeness (QED) is 0.448. The first-order valence-corrected chi connectivity index (χ1v) is 9.61. The number of likely N-dealkylation sites (N-methyl/N-ethyl adjacent to an activating group) is 1. The number of anilines is 1. The van der Waals surface area contributed by atoms with Crippen molar-refractivity contribution in [1.29, 1.82) is 0 Å². The number of thiocarbonyl (C=S) groups is 1. The zero-order valence-corrected chi connectivity index (χ0v) is 16.4. The van der Waals surface area contributed by atoms with Crippen LogP contribution in [0.5, 0.6) is 0 Å². The second-order valence-electron chi connectivity index (χ2n) is 6.05. The molecule has 5 heteroatoms. The summed E-state index contributed by atoms with van der Waals surface area (Å²) in [7, 11) is 1.84. The van der Waals surface area contributed by atoms with E-state index in [4.69, 9.17) is 12.2 Å². The predicted molar refractivity (Wildman–Crippen MR) is 110 cm³/mol. The summed E-state index contributed by atoms with van der Waals surface area (Å²) in [5.41, 5.74) is 4.71. The van der Waals surface area contributed by atoms with E-state index < -0.39 is 0 Å². The van der Waals surface area contributed by atoms with Crippen LogP contribution in [0.25, 0.3) is 6.08 Å². The smallest absolute Gasteiger partial charge is 0.281 e. The van der Waals surface area contributed by atoms with E-state index in [0.29, 0.717) is 10.8 Å². The molecular formula is C20H20N2OS2. The fourth-order valence-electron chi connectivity index (χ4n) is 2.71. The van der Waals surface area contributed by atoms with Gasteiger partial charge in [-0.1, -0.05) is 18.2 Å². The van der Waals surface area contributed by atoms with Crippen LogP contribution >= 0.6 is 24.0 Å². The summed E-state index contributed by atoms with van der Waals surface area (Å²) in [4.78, 5) is 17.5. The molecule has 25 heavy (non-hydrogen) atoms. The summed E-state index contributed by atoms with van der Waals surface area (Å²) in [6, 6.07) is 14.1. The van der Waals surface area contributed by atoms with E-state index in [2.05, 4.69) is 19.1 Å². The molecule has 0 atom stereocenters. The van der Waals surface area contributed by atoms with Gasteiger partial charge in [0.25, 0.3) is 5.91 Å². The van der Waals surface area contributed by atoms with Gasteiger partial charge in [-0.15, -0.1) is 11.8 Å². The first kappa shape index (κ1) is 17.7. The van der Waals surface area contributed by atoms with Gasteiger partial charge in [0.05, 0.1) is 5.69 Å². The summed E-state index contributed by atoms with van der Waals surface area (Å²) < 4.78 is 0. The molecular weight excluding hydrogens is 348 g/mol. The number of rotatable bonds is 3. The van der Waals surface area contributed by atoms with Crippen LogP contribution in [0.2, 0.25) is 0 Å². The van der Waals surface area contributed by atoms with Gasteiger partial charge in [-0.25, -0.2) is 0 Å². The Bertz CT molecular complexity index is 872. The lowest BCUT2D eigenvalue weighted by Crippen LogP contribution is -2.31. The molecule has 1 aliphatic rings. The van der Waals surface area contributed by atoms with Gasteiger partial charge in [-0.05, 0) is 79.4 Å². The van der Waals surface area contributed by atoms with Gasteiger partial charge in [0.2, 0.25) is 0 Å². The highest BCUT2D eigenvalue weighted by molar-refractivity contribution is 7.98. The molecule has 3 nitrogen and oxygen atoms in total. The molecule has 0 radical (unpaired) electrons. The molecule has 1 aliphatic heterocycles. The Labute approximate surface area is 158 Å². The third kappa shape index (κ3) is 3.34. The molecule has 0 aliphatic carbocycles. The number of amides is 1. The molecule has 0 spiro atoms. The van der Waals surface area contributed by atoms with E-state index in [1.165, 1.54) is 10.5 Å². The molecule has 3 rings (SSSR count). The molecule has 0 saturated carbocycles. The molecule has 0 bridgehead atoms. The Morgan fingerprint density at radius 3 is 2.32 bits per heavy atom. The number of hydrogen-bond donors (Lipinski definition) is 0. The molecule has 0 unspecified atom stereocenters. The fourth-order valence-corrected chi connectivity index (χ4v) is 3.40. The zero-order valence-electron chi connectivity index (χ0n) is 14.7. The second kappa shape index (κ2) is 7.02. The maximum Gasteiger partial charge on any atom is 0.281 e. The van der Waals surface area contributed by atoms with E-state index in [-0.39, 0.29) is 5.91 Å². The summed E-state index contributed by atoms with van der Waals surface area (Å²) >= 11 is 7.21. The van der Waals surface area contributed by atoms with Crippen LogP contribution in [0.3, 0.4) is 0 Å². The Morgan fingerprint density at radius 2 is 1.72 bits per heavy atom. The van der Waals surface area contributed by atoms with Crippen molar-refractivity contribution in [2.45, 2.75) is 18.7 Å². The largest absolute Gasteiger partial charge is 0.317 e. The van der Waals surface area contributed by atoms with Gasteiger partial charge in [0, 0.05) is 11.9 Å². The lowest BCUT2D eigenvalue weighted by Gasteiger charge is -2.17.